The average molecular weight is 367 g/mol. The molecule has 0 saturated carbocycles. The predicted molar refractivity (Wildman–Crippen MR) is 111 cm³/mol. The summed E-state index contributed by atoms with van der Waals surface area (Å²) in [6, 6.07) is 14.1. The molecule has 5 heteroatoms. The van der Waals surface area contributed by atoms with E-state index in [0.29, 0.717) is 0 Å². The zero-order valence-electron chi connectivity index (χ0n) is 16.7. The zero-order chi connectivity index (χ0) is 19.4. The van der Waals surface area contributed by atoms with E-state index in [9.17, 15) is 4.79 Å². The average Bonchev–Trinajstić information content (AvgIpc) is 2.70. The van der Waals surface area contributed by atoms with Crippen molar-refractivity contribution in [2.75, 3.05) is 43.5 Å². The minimum absolute atomic E-state index is 0.0570. The fourth-order valence-electron chi connectivity index (χ4n) is 3.43. The van der Waals surface area contributed by atoms with Gasteiger partial charge in [-0.3, -0.25) is 9.69 Å². The molecule has 0 spiro atoms. The van der Waals surface area contributed by atoms with Crippen LogP contribution in [0.15, 0.2) is 42.5 Å². The van der Waals surface area contributed by atoms with E-state index in [2.05, 4.69) is 33.3 Å². The molecule has 0 aromatic heterocycles. The predicted octanol–water partition coefficient (Wildman–Crippen LogP) is 3.46. The van der Waals surface area contributed by atoms with Gasteiger partial charge < -0.3 is 15.0 Å². The maximum absolute atomic E-state index is 12.7. The van der Waals surface area contributed by atoms with Gasteiger partial charge in [0.05, 0.1) is 13.2 Å². The number of amides is 1. The highest BCUT2D eigenvalue weighted by Crippen LogP contribution is 2.22. The van der Waals surface area contributed by atoms with Crippen molar-refractivity contribution in [3.63, 3.8) is 0 Å². The number of carbonyl (C=O) groups is 1. The first-order chi connectivity index (χ1) is 13.0. The Morgan fingerprint density at radius 3 is 2.33 bits per heavy atom. The number of benzene rings is 2. The Balaban J connectivity index is 1.56. The molecule has 1 amide bonds. The first-order valence-corrected chi connectivity index (χ1v) is 9.49. The minimum atomic E-state index is -0.150. The molecular weight excluding hydrogens is 338 g/mol. The topological polar surface area (TPSA) is 44.8 Å². The fourth-order valence-corrected chi connectivity index (χ4v) is 3.43. The van der Waals surface area contributed by atoms with Crippen molar-refractivity contribution in [3.05, 3.63) is 53.6 Å². The van der Waals surface area contributed by atoms with E-state index >= 15 is 0 Å². The van der Waals surface area contributed by atoms with E-state index in [1.807, 2.05) is 45.0 Å². The Morgan fingerprint density at radius 1 is 1.04 bits per heavy atom. The van der Waals surface area contributed by atoms with Crippen molar-refractivity contribution in [1.82, 2.24) is 4.90 Å². The normalized spacial score (nSPS) is 16.1. The number of nitrogens with one attached hydrogen (secondary N) is 1. The summed E-state index contributed by atoms with van der Waals surface area (Å²) in [4.78, 5) is 17.3. The molecule has 1 aliphatic heterocycles. The molecule has 1 fully saturated rings. The summed E-state index contributed by atoms with van der Waals surface area (Å²) in [7, 11) is 1.68. The minimum Gasteiger partial charge on any atom is -0.497 e. The molecule has 0 aliphatic carbocycles. The highest BCUT2D eigenvalue weighted by molar-refractivity contribution is 5.95. The Kier molecular flexibility index (Phi) is 6.01. The summed E-state index contributed by atoms with van der Waals surface area (Å²) >= 11 is 0. The summed E-state index contributed by atoms with van der Waals surface area (Å²) < 4.78 is 5.22. The summed E-state index contributed by atoms with van der Waals surface area (Å²) in [5.41, 5.74) is 4.34. The molecule has 5 nitrogen and oxygen atoms in total. The van der Waals surface area contributed by atoms with E-state index in [0.717, 1.165) is 48.7 Å². The lowest BCUT2D eigenvalue weighted by Gasteiger charge is -2.38. The number of rotatable bonds is 5. The van der Waals surface area contributed by atoms with Crippen molar-refractivity contribution < 1.29 is 9.53 Å². The van der Waals surface area contributed by atoms with Crippen molar-refractivity contribution in [1.29, 1.82) is 0 Å². The van der Waals surface area contributed by atoms with Gasteiger partial charge in [0.15, 0.2) is 0 Å². The number of piperazine rings is 1. The van der Waals surface area contributed by atoms with Crippen LogP contribution in [0.25, 0.3) is 0 Å². The molecule has 27 heavy (non-hydrogen) atoms. The van der Waals surface area contributed by atoms with Crippen LogP contribution < -0.4 is 15.0 Å². The zero-order valence-corrected chi connectivity index (χ0v) is 16.7. The second-order valence-corrected chi connectivity index (χ2v) is 7.20. The van der Waals surface area contributed by atoms with E-state index in [-0.39, 0.29) is 11.9 Å². The van der Waals surface area contributed by atoms with Gasteiger partial charge in [0.1, 0.15) is 5.75 Å². The van der Waals surface area contributed by atoms with Crippen LogP contribution in [0.1, 0.15) is 18.1 Å². The van der Waals surface area contributed by atoms with Gasteiger partial charge in [-0.05, 0) is 62.2 Å². The third-order valence-corrected chi connectivity index (χ3v) is 5.33. The molecule has 1 heterocycles. The quantitative estimate of drug-likeness (QED) is 0.879. The van der Waals surface area contributed by atoms with Gasteiger partial charge in [0, 0.05) is 37.6 Å². The van der Waals surface area contributed by atoms with Crippen LogP contribution in [-0.4, -0.2) is 50.1 Å². The van der Waals surface area contributed by atoms with Crippen LogP contribution in [0.4, 0.5) is 11.4 Å². The molecule has 1 aliphatic rings. The number of aryl methyl sites for hydroxylation is 2. The Bertz CT molecular complexity index is 781. The lowest BCUT2D eigenvalue weighted by Crippen LogP contribution is -2.52. The van der Waals surface area contributed by atoms with Crippen LogP contribution >= 0.6 is 0 Å². The van der Waals surface area contributed by atoms with E-state index < -0.39 is 0 Å². The van der Waals surface area contributed by atoms with Gasteiger partial charge in [0.2, 0.25) is 5.91 Å². The van der Waals surface area contributed by atoms with Gasteiger partial charge in [-0.25, -0.2) is 0 Å². The molecule has 2 aromatic rings. The van der Waals surface area contributed by atoms with Gasteiger partial charge in [0.25, 0.3) is 0 Å². The van der Waals surface area contributed by atoms with E-state index in [1.165, 1.54) is 5.69 Å². The number of anilines is 2. The molecule has 3 rings (SSSR count). The molecule has 0 unspecified atom stereocenters. The lowest BCUT2D eigenvalue weighted by atomic mass is 10.1. The van der Waals surface area contributed by atoms with E-state index in [1.54, 1.807) is 7.11 Å². The van der Waals surface area contributed by atoms with Crippen LogP contribution in [0.2, 0.25) is 0 Å². The second kappa shape index (κ2) is 8.44. The first-order valence-electron chi connectivity index (χ1n) is 9.49. The number of hydrogen-bond acceptors (Lipinski definition) is 4. The standard InChI is InChI=1S/C22H29N3O2/c1-16-5-6-17(2)21(15-16)23-22(26)18(3)24-11-13-25(14-12-24)19-7-9-20(27-4)10-8-19/h5-10,15,18H,11-14H2,1-4H3,(H,23,26)/t18-/m0/s1. The van der Waals surface area contributed by atoms with Gasteiger partial charge in [-0.2, -0.15) is 0 Å². The monoisotopic (exact) mass is 367 g/mol. The Labute approximate surface area is 161 Å². The van der Waals surface area contributed by atoms with Crippen molar-refractivity contribution in [2.45, 2.75) is 26.8 Å². The second-order valence-electron chi connectivity index (χ2n) is 7.20. The first kappa shape index (κ1) is 19.2. The summed E-state index contributed by atoms with van der Waals surface area (Å²) in [5.74, 6) is 0.927. The fraction of sp³-hybridized carbons (Fsp3) is 0.409. The van der Waals surface area contributed by atoms with Gasteiger partial charge in [-0.15, -0.1) is 0 Å². The van der Waals surface area contributed by atoms with Crippen LogP contribution in [-0.2, 0) is 4.79 Å². The van der Waals surface area contributed by atoms with Gasteiger partial charge >= 0.3 is 0 Å². The molecule has 1 atom stereocenters. The molecular formula is C22H29N3O2. The number of carbonyl (C=O) groups excluding carboxylic acids is 1. The number of nitrogens with zero attached hydrogens (tertiary/aromatic N) is 2. The third-order valence-electron chi connectivity index (χ3n) is 5.33. The van der Waals surface area contributed by atoms with Crippen molar-refractivity contribution >= 4 is 17.3 Å². The summed E-state index contributed by atoms with van der Waals surface area (Å²) in [5, 5.41) is 3.10. The van der Waals surface area contributed by atoms with Gasteiger partial charge in [-0.1, -0.05) is 12.1 Å². The smallest absolute Gasteiger partial charge is 0.241 e. The molecule has 0 bridgehead atoms. The highest BCUT2D eigenvalue weighted by atomic mass is 16.5. The molecule has 144 valence electrons. The third kappa shape index (κ3) is 4.61. The largest absolute Gasteiger partial charge is 0.497 e. The highest BCUT2D eigenvalue weighted by Gasteiger charge is 2.26. The Morgan fingerprint density at radius 2 is 1.70 bits per heavy atom. The maximum atomic E-state index is 12.7. The number of methoxy groups -OCH3 is 1. The van der Waals surface area contributed by atoms with Crippen LogP contribution in [0.3, 0.4) is 0 Å². The number of hydrogen-bond donors (Lipinski definition) is 1. The molecule has 2 aromatic carbocycles. The van der Waals surface area contributed by atoms with Crippen molar-refractivity contribution in [3.8, 4) is 5.75 Å². The van der Waals surface area contributed by atoms with Crippen LogP contribution in [0, 0.1) is 13.8 Å². The summed E-state index contributed by atoms with van der Waals surface area (Å²) in [6.45, 7) is 9.61. The SMILES string of the molecule is COc1ccc(N2CCN([C@@H](C)C(=O)Nc3cc(C)ccc3C)CC2)cc1. The maximum Gasteiger partial charge on any atom is 0.241 e. The Hall–Kier alpha value is -2.53. The number of ether oxygens (including phenoxy) is 1. The van der Waals surface area contributed by atoms with Crippen LogP contribution in [0.5, 0.6) is 5.75 Å². The van der Waals surface area contributed by atoms with E-state index in [4.69, 9.17) is 4.74 Å². The molecule has 1 N–H and O–H groups in total. The van der Waals surface area contributed by atoms with Crippen molar-refractivity contribution in [2.24, 2.45) is 0 Å². The molecule has 1 saturated heterocycles. The summed E-state index contributed by atoms with van der Waals surface area (Å²) in [6.07, 6.45) is 0. The molecule has 0 radical (unpaired) electrons. The lowest BCUT2D eigenvalue weighted by molar-refractivity contribution is -0.120.